The molecule has 1 heterocycles. The van der Waals surface area contributed by atoms with Crippen molar-refractivity contribution in [2.75, 3.05) is 6.54 Å². The van der Waals surface area contributed by atoms with Gasteiger partial charge in [-0.3, -0.25) is 4.90 Å². The number of thioether (sulfide) groups is 1. The molecule has 98 valence electrons. The monoisotopic (exact) mass is 305 g/mol. The molecule has 2 rings (SSSR count). The Morgan fingerprint density at radius 3 is 2.56 bits per heavy atom. The molecular formula is C12H13Cl2NO2S. The Kier molecular flexibility index (Phi) is 4.65. The summed E-state index contributed by atoms with van der Waals surface area (Å²) < 4.78 is 0. The number of amides is 1. The SMILES string of the molecule is O=C(O)N1CCCCC1Sc1cc(Cl)cc(Cl)c1. The predicted molar refractivity (Wildman–Crippen MR) is 74.7 cm³/mol. The highest BCUT2D eigenvalue weighted by Crippen LogP contribution is 2.34. The van der Waals surface area contributed by atoms with E-state index in [4.69, 9.17) is 28.3 Å². The Bertz CT molecular complexity index is 435. The molecule has 0 aromatic heterocycles. The lowest BCUT2D eigenvalue weighted by atomic mass is 10.1. The van der Waals surface area contributed by atoms with Gasteiger partial charge in [0.15, 0.2) is 0 Å². The summed E-state index contributed by atoms with van der Waals surface area (Å²) in [4.78, 5) is 13.5. The molecule has 1 N–H and O–H groups in total. The van der Waals surface area contributed by atoms with E-state index in [1.54, 1.807) is 6.07 Å². The number of carbonyl (C=O) groups is 1. The first-order valence-corrected chi connectivity index (χ1v) is 7.32. The molecule has 6 heteroatoms. The summed E-state index contributed by atoms with van der Waals surface area (Å²) in [6, 6.07) is 5.29. The fraction of sp³-hybridized carbons (Fsp3) is 0.417. The normalized spacial score (nSPS) is 19.9. The topological polar surface area (TPSA) is 40.5 Å². The van der Waals surface area contributed by atoms with Crippen molar-refractivity contribution in [1.82, 2.24) is 4.90 Å². The number of nitrogens with zero attached hydrogens (tertiary/aromatic N) is 1. The Hall–Kier alpha value is -0.580. The van der Waals surface area contributed by atoms with Crippen LogP contribution in [0.5, 0.6) is 0 Å². The number of likely N-dealkylation sites (tertiary alicyclic amines) is 1. The van der Waals surface area contributed by atoms with E-state index in [9.17, 15) is 4.79 Å². The van der Waals surface area contributed by atoms with Gasteiger partial charge in [0.1, 0.15) is 0 Å². The molecule has 1 aromatic rings. The maximum absolute atomic E-state index is 11.1. The molecular weight excluding hydrogens is 293 g/mol. The highest BCUT2D eigenvalue weighted by Gasteiger charge is 2.27. The molecule has 0 spiro atoms. The van der Waals surface area contributed by atoms with Crippen LogP contribution in [0.3, 0.4) is 0 Å². The number of rotatable bonds is 2. The van der Waals surface area contributed by atoms with Crippen LogP contribution in [-0.2, 0) is 0 Å². The van der Waals surface area contributed by atoms with Crippen molar-refractivity contribution in [1.29, 1.82) is 0 Å². The summed E-state index contributed by atoms with van der Waals surface area (Å²) >= 11 is 13.4. The van der Waals surface area contributed by atoms with Gasteiger partial charge < -0.3 is 5.11 Å². The van der Waals surface area contributed by atoms with Crippen molar-refractivity contribution < 1.29 is 9.90 Å². The van der Waals surface area contributed by atoms with E-state index in [1.807, 2.05) is 12.1 Å². The molecule has 1 amide bonds. The molecule has 1 unspecified atom stereocenters. The summed E-state index contributed by atoms with van der Waals surface area (Å²) in [6.45, 7) is 0.599. The van der Waals surface area contributed by atoms with Crippen molar-refractivity contribution in [2.24, 2.45) is 0 Å². The van der Waals surface area contributed by atoms with Crippen LogP contribution < -0.4 is 0 Å². The van der Waals surface area contributed by atoms with Crippen molar-refractivity contribution in [3.8, 4) is 0 Å². The smallest absolute Gasteiger partial charge is 0.408 e. The van der Waals surface area contributed by atoms with Gasteiger partial charge >= 0.3 is 6.09 Å². The molecule has 0 saturated carbocycles. The van der Waals surface area contributed by atoms with Gasteiger partial charge in [0.05, 0.1) is 5.37 Å². The summed E-state index contributed by atoms with van der Waals surface area (Å²) in [6.07, 6.45) is 1.98. The second-order valence-corrected chi connectivity index (χ2v) is 6.27. The van der Waals surface area contributed by atoms with Crippen LogP contribution >= 0.6 is 35.0 Å². The lowest BCUT2D eigenvalue weighted by Crippen LogP contribution is -2.40. The van der Waals surface area contributed by atoms with Crippen molar-refractivity contribution in [3.05, 3.63) is 28.2 Å². The first kappa shape index (κ1) is 13.8. The molecule has 18 heavy (non-hydrogen) atoms. The first-order valence-electron chi connectivity index (χ1n) is 5.68. The summed E-state index contributed by atoms with van der Waals surface area (Å²) in [5, 5.41) is 10.2. The number of hydrogen-bond donors (Lipinski definition) is 1. The van der Waals surface area contributed by atoms with E-state index in [-0.39, 0.29) is 5.37 Å². The lowest BCUT2D eigenvalue weighted by Gasteiger charge is -2.32. The summed E-state index contributed by atoms with van der Waals surface area (Å²) in [5.74, 6) is 0. The van der Waals surface area contributed by atoms with E-state index < -0.39 is 6.09 Å². The molecule has 1 aromatic carbocycles. The maximum Gasteiger partial charge on any atom is 0.408 e. The van der Waals surface area contributed by atoms with E-state index in [2.05, 4.69) is 0 Å². The lowest BCUT2D eigenvalue weighted by molar-refractivity contribution is 0.129. The zero-order valence-corrected chi connectivity index (χ0v) is 11.9. The number of piperidine rings is 1. The van der Waals surface area contributed by atoms with Crippen LogP contribution in [-0.4, -0.2) is 28.0 Å². The number of carboxylic acid groups (broad SMARTS) is 1. The van der Waals surface area contributed by atoms with Crippen LogP contribution in [0.4, 0.5) is 4.79 Å². The predicted octanol–water partition coefficient (Wildman–Crippen LogP) is 4.58. The van der Waals surface area contributed by atoms with Gasteiger partial charge in [0, 0.05) is 21.5 Å². The van der Waals surface area contributed by atoms with Gasteiger partial charge in [-0.2, -0.15) is 0 Å². The molecule has 3 nitrogen and oxygen atoms in total. The number of halogens is 2. The standard InChI is InChI=1S/C12H13Cl2NO2S/c13-8-5-9(14)7-10(6-8)18-11-3-1-2-4-15(11)12(16)17/h5-7,11H,1-4H2,(H,16,17). The molecule has 1 fully saturated rings. The quantitative estimate of drug-likeness (QED) is 0.869. The average molecular weight is 306 g/mol. The van der Waals surface area contributed by atoms with Crippen molar-refractivity contribution >= 4 is 41.1 Å². The second kappa shape index (κ2) is 6.04. The number of hydrogen-bond acceptors (Lipinski definition) is 2. The maximum atomic E-state index is 11.1. The zero-order valence-electron chi connectivity index (χ0n) is 9.60. The molecule has 1 atom stereocenters. The molecule has 1 aliphatic rings. The largest absolute Gasteiger partial charge is 0.465 e. The average Bonchev–Trinajstić information content (AvgIpc) is 2.27. The van der Waals surface area contributed by atoms with Gasteiger partial charge in [-0.25, -0.2) is 4.79 Å². The Balaban J connectivity index is 2.13. The fourth-order valence-electron chi connectivity index (χ4n) is 2.00. The van der Waals surface area contributed by atoms with E-state index in [0.29, 0.717) is 16.6 Å². The second-order valence-electron chi connectivity index (χ2n) is 4.15. The minimum Gasteiger partial charge on any atom is -0.465 e. The van der Waals surface area contributed by atoms with Gasteiger partial charge in [-0.05, 0) is 37.5 Å². The van der Waals surface area contributed by atoms with Gasteiger partial charge in [0.2, 0.25) is 0 Å². The Morgan fingerprint density at radius 2 is 1.94 bits per heavy atom. The minimum absolute atomic E-state index is 0.0502. The third-order valence-electron chi connectivity index (χ3n) is 2.80. The molecule has 0 radical (unpaired) electrons. The van der Waals surface area contributed by atoms with Crippen LogP contribution in [0.15, 0.2) is 23.1 Å². The molecule has 0 bridgehead atoms. The molecule has 0 aliphatic carbocycles. The fourth-order valence-corrected chi connectivity index (χ4v) is 3.96. The van der Waals surface area contributed by atoms with Gasteiger partial charge in [-0.15, -0.1) is 11.8 Å². The summed E-state index contributed by atoms with van der Waals surface area (Å²) in [5.41, 5.74) is 0. The van der Waals surface area contributed by atoms with E-state index in [1.165, 1.54) is 16.7 Å². The zero-order chi connectivity index (χ0) is 13.1. The van der Waals surface area contributed by atoms with E-state index >= 15 is 0 Å². The van der Waals surface area contributed by atoms with Crippen molar-refractivity contribution in [2.45, 2.75) is 29.5 Å². The highest BCUT2D eigenvalue weighted by atomic mass is 35.5. The van der Waals surface area contributed by atoms with Gasteiger partial charge in [-0.1, -0.05) is 23.2 Å². The van der Waals surface area contributed by atoms with Crippen LogP contribution in [0.1, 0.15) is 19.3 Å². The third-order valence-corrected chi connectivity index (χ3v) is 4.51. The first-order chi connectivity index (χ1) is 8.56. The highest BCUT2D eigenvalue weighted by molar-refractivity contribution is 7.99. The van der Waals surface area contributed by atoms with Crippen LogP contribution in [0.25, 0.3) is 0 Å². The Labute approximate surface area is 120 Å². The van der Waals surface area contributed by atoms with Crippen LogP contribution in [0, 0.1) is 0 Å². The molecule has 1 saturated heterocycles. The van der Waals surface area contributed by atoms with Crippen LogP contribution in [0.2, 0.25) is 10.0 Å². The Morgan fingerprint density at radius 1 is 1.28 bits per heavy atom. The summed E-state index contributed by atoms with van der Waals surface area (Å²) in [7, 11) is 0. The van der Waals surface area contributed by atoms with E-state index in [0.717, 1.165) is 24.2 Å². The van der Waals surface area contributed by atoms with Gasteiger partial charge in [0.25, 0.3) is 0 Å². The minimum atomic E-state index is -0.861. The molecule has 1 aliphatic heterocycles. The third kappa shape index (κ3) is 3.46. The van der Waals surface area contributed by atoms with Crippen molar-refractivity contribution in [3.63, 3.8) is 0 Å². The number of benzene rings is 1.